The smallest absolute Gasteiger partial charge is 0.422 e. The van der Waals surface area contributed by atoms with E-state index >= 15 is 0 Å². The van der Waals surface area contributed by atoms with E-state index < -0.39 is 12.0 Å². The Morgan fingerprint density at radius 1 is 1.00 bits per heavy atom. The zero-order valence-corrected chi connectivity index (χ0v) is 11.9. The number of ether oxygens (including phenoxy) is 1. The van der Waals surface area contributed by atoms with Gasteiger partial charge in [0.2, 0.25) is 0 Å². The lowest BCUT2D eigenvalue weighted by Gasteiger charge is -2.10. The Hall–Kier alpha value is -3.09. The number of hydrogen-bond donors (Lipinski definition) is 0. The molecule has 4 nitrogen and oxygen atoms in total. The predicted octanol–water partition coefficient (Wildman–Crippen LogP) is 4.39. The Morgan fingerprint density at radius 3 is 2.58 bits per heavy atom. The number of nitrogens with zero attached hydrogens (tertiary/aromatic N) is 1. The van der Waals surface area contributed by atoms with Gasteiger partial charge in [0.1, 0.15) is 11.3 Å². The summed E-state index contributed by atoms with van der Waals surface area (Å²) in [5.74, 6) is -0.374. The summed E-state index contributed by atoms with van der Waals surface area (Å²) in [4.78, 5) is 16.5. The first-order chi connectivity index (χ1) is 11.4. The second-order valence-corrected chi connectivity index (χ2v) is 5.17. The predicted molar refractivity (Wildman–Crippen MR) is 82.0 cm³/mol. The molecule has 0 bridgehead atoms. The molecule has 4 aromatic rings. The molecule has 0 saturated carbocycles. The van der Waals surface area contributed by atoms with Gasteiger partial charge in [0, 0.05) is 10.8 Å². The molecule has 4 rings (SSSR count). The molecule has 24 heavy (non-hydrogen) atoms. The first-order valence-electron chi connectivity index (χ1n) is 6.93. The van der Waals surface area contributed by atoms with Crippen molar-refractivity contribution in [1.29, 1.82) is 0 Å². The van der Waals surface area contributed by atoms with Crippen molar-refractivity contribution in [1.82, 2.24) is 4.98 Å². The van der Waals surface area contributed by atoms with Gasteiger partial charge in [-0.1, -0.05) is 12.1 Å². The monoisotopic (exact) mass is 331 g/mol. The zero-order valence-electron chi connectivity index (χ0n) is 11.9. The molecule has 0 aliphatic heterocycles. The van der Waals surface area contributed by atoms with E-state index in [1.54, 1.807) is 24.3 Å². The molecular formula is C17H8F3NO3. The fourth-order valence-electron chi connectivity index (χ4n) is 2.62. The number of pyridine rings is 1. The van der Waals surface area contributed by atoms with E-state index in [1.807, 2.05) is 0 Å². The topological polar surface area (TPSA) is 52.3 Å². The molecule has 0 fully saturated rings. The van der Waals surface area contributed by atoms with Crippen molar-refractivity contribution in [3.63, 3.8) is 0 Å². The highest BCUT2D eigenvalue weighted by atomic mass is 19.4. The third-order valence-corrected chi connectivity index (χ3v) is 3.58. The molecule has 0 atom stereocenters. The van der Waals surface area contributed by atoms with Crippen molar-refractivity contribution in [2.75, 3.05) is 0 Å². The van der Waals surface area contributed by atoms with Crippen LogP contribution in [0.3, 0.4) is 0 Å². The minimum atomic E-state index is -4.78. The van der Waals surface area contributed by atoms with Crippen LogP contribution in [-0.2, 0) is 0 Å². The number of para-hydroxylation sites is 1. The Morgan fingerprint density at radius 2 is 1.79 bits per heavy atom. The Balaban J connectivity index is 2.02. The zero-order chi connectivity index (χ0) is 16.9. The van der Waals surface area contributed by atoms with E-state index in [1.165, 1.54) is 24.3 Å². The van der Waals surface area contributed by atoms with Crippen LogP contribution in [0.1, 0.15) is 0 Å². The molecule has 0 aliphatic rings. The summed E-state index contributed by atoms with van der Waals surface area (Å²) in [5, 5.41) is 1.21. The van der Waals surface area contributed by atoms with Gasteiger partial charge in [-0.3, -0.25) is 0 Å². The van der Waals surface area contributed by atoms with Crippen molar-refractivity contribution in [2.24, 2.45) is 0 Å². The van der Waals surface area contributed by atoms with Crippen LogP contribution in [0.5, 0.6) is 5.75 Å². The maximum Gasteiger partial charge on any atom is 0.573 e. The minimum Gasteiger partial charge on any atom is -0.422 e. The van der Waals surface area contributed by atoms with E-state index in [-0.39, 0.29) is 11.1 Å². The fourth-order valence-corrected chi connectivity index (χ4v) is 2.62. The minimum absolute atomic E-state index is 0.199. The molecule has 120 valence electrons. The van der Waals surface area contributed by atoms with Crippen molar-refractivity contribution >= 4 is 32.8 Å². The lowest BCUT2D eigenvalue weighted by molar-refractivity contribution is -0.274. The number of benzene rings is 2. The summed E-state index contributed by atoms with van der Waals surface area (Å²) in [5.41, 5.74) is 0.700. The molecule has 7 heteroatoms. The molecule has 2 aromatic carbocycles. The van der Waals surface area contributed by atoms with E-state index in [2.05, 4.69) is 9.72 Å². The molecule has 0 amide bonds. The fraction of sp³-hybridized carbons (Fsp3) is 0.0588. The van der Waals surface area contributed by atoms with Gasteiger partial charge in [0.15, 0.2) is 0 Å². The van der Waals surface area contributed by atoms with Gasteiger partial charge < -0.3 is 9.15 Å². The summed E-state index contributed by atoms with van der Waals surface area (Å²) in [6.07, 6.45) is -4.78. The Bertz CT molecular complexity index is 1150. The van der Waals surface area contributed by atoms with Crippen LogP contribution in [0, 0.1) is 0 Å². The van der Waals surface area contributed by atoms with Crippen molar-refractivity contribution in [3.8, 4) is 5.75 Å². The third kappa shape index (κ3) is 2.44. The SMILES string of the molecule is O=c1oc2ccccc2c2nc3ccc(OC(F)(F)F)cc3cc12. The largest absolute Gasteiger partial charge is 0.573 e. The van der Waals surface area contributed by atoms with Crippen molar-refractivity contribution in [3.05, 3.63) is 59.0 Å². The summed E-state index contributed by atoms with van der Waals surface area (Å²) in [6, 6.07) is 12.2. The van der Waals surface area contributed by atoms with E-state index in [4.69, 9.17) is 4.42 Å². The van der Waals surface area contributed by atoms with Crippen LogP contribution in [0.25, 0.3) is 32.8 Å². The van der Waals surface area contributed by atoms with Crippen LogP contribution in [0.2, 0.25) is 0 Å². The number of alkyl halides is 3. The van der Waals surface area contributed by atoms with Gasteiger partial charge in [0.25, 0.3) is 0 Å². The average Bonchev–Trinajstić information content (AvgIpc) is 2.52. The van der Waals surface area contributed by atoms with Gasteiger partial charge in [-0.2, -0.15) is 0 Å². The molecular weight excluding hydrogens is 323 g/mol. The van der Waals surface area contributed by atoms with Gasteiger partial charge >= 0.3 is 12.0 Å². The molecule has 2 aromatic heterocycles. The average molecular weight is 331 g/mol. The highest BCUT2D eigenvalue weighted by molar-refractivity contribution is 6.05. The second kappa shape index (κ2) is 4.95. The molecule has 0 spiro atoms. The summed E-state index contributed by atoms with van der Waals surface area (Å²) >= 11 is 0. The Labute approximate surface area is 132 Å². The first kappa shape index (κ1) is 14.5. The molecule has 0 unspecified atom stereocenters. The number of fused-ring (bicyclic) bond motifs is 4. The summed E-state index contributed by atoms with van der Waals surface area (Å²) in [6.45, 7) is 0. The lowest BCUT2D eigenvalue weighted by atomic mass is 10.1. The first-order valence-corrected chi connectivity index (χ1v) is 6.93. The van der Waals surface area contributed by atoms with Crippen LogP contribution < -0.4 is 10.4 Å². The number of hydrogen-bond acceptors (Lipinski definition) is 4. The Kier molecular flexibility index (Phi) is 2.99. The number of rotatable bonds is 1. The molecule has 2 heterocycles. The molecule has 0 saturated heterocycles. The van der Waals surface area contributed by atoms with Crippen LogP contribution in [0.4, 0.5) is 13.2 Å². The summed E-state index contributed by atoms with van der Waals surface area (Å²) < 4.78 is 46.1. The maximum absolute atomic E-state index is 12.3. The lowest BCUT2D eigenvalue weighted by Crippen LogP contribution is -2.17. The van der Waals surface area contributed by atoms with Crippen LogP contribution in [0.15, 0.2) is 57.7 Å². The normalized spacial score (nSPS) is 12.1. The highest BCUT2D eigenvalue weighted by Crippen LogP contribution is 2.29. The van der Waals surface area contributed by atoms with Gasteiger partial charge in [-0.05, 0) is 36.4 Å². The van der Waals surface area contributed by atoms with Crippen LogP contribution in [-0.4, -0.2) is 11.3 Å². The van der Waals surface area contributed by atoms with Crippen LogP contribution >= 0.6 is 0 Å². The maximum atomic E-state index is 12.3. The van der Waals surface area contributed by atoms with E-state index in [9.17, 15) is 18.0 Å². The quantitative estimate of drug-likeness (QED) is 0.295. The van der Waals surface area contributed by atoms with E-state index in [0.29, 0.717) is 27.4 Å². The van der Waals surface area contributed by atoms with Gasteiger partial charge in [-0.25, -0.2) is 9.78 Å². The highest BCUT2D eigenvalue weighted by Gasteiger charge is 2.31. The van der Waals surface area contributed by atoms with Crippen molar-refractivity contribution in [2.45, 2.75) is 6.36 Å². The van der Waals surface area contributed by atoms with Gasteiger partial charge in [-0.15, -0.1) is 13.2 Å². The number of aromatic nitrogens is 1. The molecule has 0 N–H and O–H groups in total. The standard InChI is InChI=1S/C17H8F3NO3/c18-17(19,20)24-10-5-6-13-9(7-10)8-12-15(21-13)11-3-1-2-4-14(11)23-16(12)22/h1-8H. The second-order valence-electron chi connectivity index (χ2n) is 5.17. The van der Waals surface area contributed by atoms with Crippen molar-refractivity contribution < 1.29 is 22.3 Å². The molecule has 0 radical (unpaired) electrons. The third-order valence-electron chi connectivity index (χ3n) is 3.58. The van der Waals surface area contributed by atoms with E-state index in [0.717, 1.165) is 0 Å². The molecule has 0 aliphatic carbocycles. The van der Waals surface area contributed by atoms with Gasteiger partial charge in [0.05, 0.1) is 16.4 Å². The number of halogens is 3. The summed E-state index contributed by atoms with van der Waals surface area (Å²) in [7, 11) is 0.